The van der Waals surface area contributed by atoms with Crippen molar-refractivity contribution in [2.24, 2.45) is 5.92 Å². The molecule has 0 radical (unpaired) electrons. The van der Waals surface area contributed by atoms with Gasteiger partial charge in [0.05, 0.1) is 0 Å². The van der Waals surface area contributed by atoms with Crippen LogP contribution < -0.4 is 0 Å². The summed E-state index contributed by atoms with van der Waals surface area (Å²) in [7, 11) is 1.80. The van der Waals surface area contributed by atoms with E-state index in [-0.39, 0.29) is 0 Å². The van der Waals surface area contributed by atoms with Gasteiger partial charge in [-0.25, -0.2) is 0 Å². The molecule has 1 saturated carbocycles. The predicted octanol–water partition coefficient (Wildman–Crippen LogP) is 5.37. The number of ether oxygens (including phenoxy) is 2. The molecule has 4 rings (SSSR count). The molecule has 124 valence electrons. The Labute approximate surface area is 144 Å². The fourth-order valence-corrected chi connectivity index (χ4v) is 4.28. The molecular formula is C22H24O2. The molecule has 2 aromatic carbocycles. The van der Waals surface area contributed by atoms with E-state index in [0.29, 0.717) is 11.8 Å². The second-order valence-corrected chi connectivity index (χ2v) is 6.80. The number of allylic oxidation sites excluding steroid dienone is 1. The van der Waals surface area contributed by atoms with Crippen LogP contribution in [-0.4, -0.2) is 12.9 Å². The van der Waals surface area contributed by atoms with Crippen LogP contribution in [0.5, 0.6) is 0 Å². The maximum Gasteiger partial charge on any atom is 0.214 e. The third kappa shape index (κ3) is 2.65. The maximum atomic E-state index is 6.50. The summed E-state index contributed by atoms with van der Waals surface area (Å²) < 4.78 is 12.5. The zero-order chi connectivity index (χ0) is 16.4. The first-order valence-corrected chi connectivity index (χ1v) is 8.89. The lowest BCUT2D eigenvalue weighted by Crippen LogP contribution is -2.49. The van der Waals surface area contributed by atoms with Gasteiger partial charge in [0, 0.05) is 30.9 Å². The van der Waals surface area contributed by atoms with Crippen LogP contribution in [0.4, 0.5) is 0 Å². The minimum atomic E-state index is -0.501. The summed E-state index contributed by atoms with van der Waals surface area (Å²) in [6.45, 7) is 0. The summed E-state index contributed by atoms with van der Waals surface area (Å²) in [6.07, 6.45) is 6.82. The van der Waals surface area contributed by atoms with Crippen LogP contribution in [0.2, 0.25) is 0 Å². The van der Waals surface area contributed by atoms with Crippen LogP contribution in [0.1, 0.15) is 42.7 Å². The van der Waals surface area contributed by atoms with Gasteiger partial charge in [-0.15, -0.1) is 0 Å². The Morgan fingerprint density at radius 2 is 1.67 bits per heavy atom. The Morgan fingerprint density at radius 3 is 2.38 bits per heavy atom. The normalized spacial score (nSPS) is 29.3. The summed E-state index contributed by atoms with van der Waals surface area (Å²) in [5.74, 6) is 1.14. The number of hydrogen-bond donors (Lipinski definition) is 0. The molecule has 2 aliphatic rings. The lowest BCUT2D eigenvalue weighted by Gasteiger charge is -2.49. The van der Waals surface area contributed by atoms with E-state index in [1.165, 1.54) is 12.0 Å². The van der Waals surface area contributed by atoms with Crippen molar-refractivity contribution in [3.8, 4) is 0 Å². The highest BCUT2D eigenvalue weighted by molar-refractivity contribution is 5.62. The molecule has 24 heavy (non-hydrogen) atoms. The number of hydrogen-bond acceptors (Lipinski definition) is 2. The number of benzene rings is 2. The van der Waals surface area contributed by atoms with Crippen LogP contribution in [0.15, 0.2) is 66.7 Å². The molecule has 3 atom stereocenters. The van der Waals surface area contributed by atoms with Gasteiger partial charge in [0.2, 0.25) is 5.79 Å². The average Bonchev–Trinajstić information content (AvgIpc) is 2.68. The lowest BCUT2D eigenvalue weighted by atomic mass is 9.71. The Kier molecular flexibility index (Phi) is 4.15. The lowest BCUT2D eigenvalue weighted by molar-refractivity contribution is -0.240. The maximum absolute atomic E-state index is 6.50. The third-order valence-corrected chi connectivity index (χ3v) is 5.49. The molecular weight excluding hydrogens is 296 g/mol. The van der Waals surface area contributed by atoms with E-state index in [2.05, 4.69) is 60.7 Å². The monoisotopic (exact) mass is 320 g/mol. The van der Waals surface area contributed by atoms with Crippen LogP contribution >= 0.6 is 0 Å². The Morgan fingerprint density at radius 1 is 0.958 bits per heavy atom. The SMILES string of the molecule is COC12CCCCC1C(c1ccccc1)C=C(c1ccccc1)O2. The fourth-order valence-electron chi connectivity index (χ4n) is 4.28. The molecule has 0 spiro atoms. The van der Waals surface area contributed by atoms with Gasteiger partial charge in [-0.3, -0.25) is 0 Å². The van der Waals surface area contributed by atoms with Crippen molar-refractivity contribution in [3.63, 3.8) is 0 Å². The standard InChI is InChI=1S/C22H24O2/c1-23-22-15-9-8-14-20(22)19(17-10-4-2-5-11-17)16-21(24-22)18-12-6-3-7-13-18/h2-7,10-13,16,19-20H,8-9,14-15H2,1H3. The van der Waals surface area contributed by atoms with E-state index in [1.807, 2.05) is 6.07 Å². The minimum absolute atomic E-state index is 0.329. The first kappa shape index (κ1) is 15.5. The predicted molar refractivity (Wildman–Crippen MR) is 96.4 cm³/mol. The topological polar surface area (TPSA) is 18.5 Å². The zero-order valence-electron chi connectivity index (χ0n) is 14.2. The van der Waals surface area contributed by atoms with Crippen molar-refractivity contribution < 1.29 is 9.47 Å². The number of rotatable bonds is 3. The fraction of sp³-hybridized carbons (Fsp3) is 0.364. The van der Waals surface area contributed by atoms with Crippen LogP contribution in [-0.2, 0) is 9.47 Å². The molecule has 1 heterocycles. The molecule has 3 unspecified atom stereocenters. The van der Waals surface area contributed by atoms with Crippen LogP contribution in [0.3, 0.4) is 0 Å². The van der Waals surface area contributed by atoms with Gasteiger partial charge in [-0.1, -0.05) is 67.1 Å². The molecule has 0 saturated heterocycles. The smallest absolute Gasteiger partial charge is 0.214 e. The third-order valence-electron chi connectivity index (χ3n) is 5.49. The van der Waals surface area contributed by atoms with Gasteiger partial charge in [-0.2, -0.15) is 0 Å². The highest BCUT2D eigenvalue weighted by atomic mass is 16.7. The molecule has 0 amide bonds. The van der Waals surface area contributed by atoms with Crippen molar-refractivity contribution in [2.75, 3.05) is 7.11 Å². The summed E-state index contributed by atoms with van der Waals surface area (Å²) in [6, 6.07) is 21.2. The molecule has 1 aliphatic heterocycles. The first-order valence-electron chi connectivity index (χ1n) is 8.89. The number of methoxy groups -OCH3 is 1. The quantitative estimate of drug-likeness (QED) is 0.756. The van der Waals surface area contributed by atoms with E-state index in [4.69, 9.17) is 9.47 Å². The second kappa shape index (κ2) is 6.45. The van der Waals surface area contributed by atoms with Crippen molar-refractivity contribution in [2.45, 2.75) is 37.4 Å². The van der Waals surface area contributed by atoms with E-state index >= 15 is 0 Å². The van der Waals surface area contributed by atoms with Gasteiger partial charge in [0.1, 0.15) is 5.76 Å². The molecule has 1 aliphatic carbocycles. The highest BCUT2D eigenvalue weighted by Crippen LogP contribution is 2.51. The highest BCUT2D eigenvalue weighted by Gasteiger charge is 2.50. The van der Waals surface area contributed by atoms with Gasteiger partial charge in [-0.05, 0) is 24.5 Å². The van der Waals surface area contributed by atoms with Gasteiger partial charge in [0.25, 0.3) is 0 Å². The van der Waals surface area contributed by atoms with E-state index in [0.717, 1.165) is 30.6 Å². The van der Waals surface area contributed by atoms with Crippen LogP contribution in [0, 0.1) is 5.92 Å². The van der Waals surface area contributed by atoms with Crippen molar-refractivity contribution in [3.05, 3.63) is 77.9 Å². The minimum Gasteiger partial charge on any atom is -0.462 e. The second-order valence-electron chi connectivity index (χ2n) is 6.80. The van der Waals surface area contributed by atoms with E-state index < -0.39 is 5.79 Å². The number of fused-ring (bicyclic) bond motifs is 1. The van der Waals surface area contributed by atoms with E-state index in [9.17, 15) is 0 Å². The van der Waals surface area contributed by atoms with Crippen molar-refractivity contribution in [1.29, 1.82) is 0 Å². The molecule has 0 bridgehead atoms. The van der Waals surface area contributed by atoms with Crippen molar-refractivity contribution in [1.82, 2.24) is 0 Å². The Hall–Kier alpha value is -2.06. The van der Waals surface area contributed by atoms with Crippen LogP contribution in [0.25, 0.3) is 5.76 Å². The molecule has 2 aromatic rings. The summed E-state index contributed by atoms with van der Waals surface area (Å²) in [5, 5.41) is 0. The average molecular weight is 320 g/mol. The molecule has 0 N–H and O–H groups in total. The Bertz CT molecular complexity index is 707. The van der Waals surface area contributed by atoms with Gasteiger partial charge < -0.3 is 9.47 Å². The van der Waals surface area contributed by atoms with Gasteiger partial charge in [0.15, 0.2) is 0 Å². The summed E-state index contributed by atoms with van der Waals surface area (Å²) in [4.78, 5) is 0. The Balaban J connectivity index is 1.82. The van der Waals surface area contributed by atoms with Gasteiger partial charge >= 0.3 is 0 Å². The first-order chi connectivity index (χ1) is 11.8. The molecule has 2 nitrogen and oxygen atoms in total. The molecule has 1 fully saturated rings. The molecule has 2 heteroatoms. The summed E-state index contributed by atoms with van der Waals surface area (Å²) >= 11 is 0. The summed E-state index contributed by atoms with van der Waals surface area (Å²) in [5.41, 5.74) is 2.47. The zero-order valence-corrected chi connectivity index (χ0v) is 14.2. The molecule has 0 aromatic heterocycles. The van der Waals surface area contributed by atoms with E-state index in [1.54, 1.807) is 7.11 Å². The largest absolute Gasteiger partial charge is 0.462 e. The van der Waals surface area contributed by atoms with Crippen molar-refractivity contribution >= 4 is 5.76 Å².